The molecule has 2 bridgehead atoms. The van der Waals surface area contributed by atoms with Crippen LogP contribution in [0.15, 0.2) is 0 Å². The van der Waals surface area contributed by atoms with Gasteiger partial charge in [-0.05, 0) is 56.7 Å². The standard InChI is InChI=1S/C15H29N3/c1-14(2)5-3-7-18(12-14)15(11-16)6-9-17-8-4-13(15)10-17/h13H,3-12,16H2,1-2H3. The van der Waals surface area contributed by atoms with Crippen LogP contribution in [0.3, 0.4) is 0 Å². The molecule has 3 aliphatic rings. The Labute approximate surface area is 112 Å². The van der Waals surface area contributed by atoms with Crippen molar-refractivity contribution in [2.75, 3.05) is 39.3 Å². The Morgan fingerprint density at radius 1 is 1.17 bits per heavy atom. The van der Waals surface area contributed by atoms with Gasteiger partial charge in [0.1, 0.15) is 0 Å². The van der Waals surface area contributed by atoms with E-state index in [1.807, 2.05) is 0 Å². The van der Waals surface area contributed by atoms with E-state index in [1.54, 1.807) is 0 Å². The van der Waals surface area contributed by atoms with Gasteiger partial charge < -0.3 is 10.6 Å². The van der Waals surface area contributed by atoms with Gasteiger partial charge in [-0.15, -0.1) is 0 Å². The molecular weight excluding hydrogens is 222 g/mol. The molecule has 3 aliphatic heterocycles. The molecule has 3 saturated heterocycles. The van der Waals surface area contributed by atoms with E-state index in [9.17, 15) is 0 Å². The Kier molecular flexibility index (Phi) is 3.20. The van der Waals surface area contributed by atoms with Crippen LogP contribution in [0.2, 0.25) is 0 Å². The van der Waals surface area contributed by atoms with Crippen LogP contribution in [0.25, 0.3) is 0 Å². The third-order valence-electron chi connectivity index (χ3n) is 5.78. The van der Waals surface area contributed by atoms with Gasteiger partial charge in [0, 0.05) is 25.2 Å². The number of hydrogen-bond donors (Lipinski definition) is 1. The molecule has 3 heteroatoms. The molecule has 0 aromatic rings. The third kappa shape index (κ3) is 2.00. The lowest BCUT2D eigenvalue weighted by atomic mass is 9.73. The highest BCUT2D eigenvalue weighted by atomic mass is 15.3. The Morgan fingerprint density at radius 3 is 2.72 bits per heavy atom. The molecule has 18 heavy (non-hydrogen) atoms. The second-order valence-corrected chi connectivity index (χ2v) is 7.53. The van der Waals surface area contributed by atoms with Gasteiger partial charge in [-0.3, -0.25) is 4.90 Å². The first kappa shape index (κ1) is 12.9. The molecular formula is C15H29N3. The lowest BCUT2D eigenvalue weighted by Crippen LogP contribution is -2.64. The summed E-state index contributed by atoms with van der Waals surface area (Å²) in [5, 5.41) is 0. The Morgan fingerprint density at radius 2 is 2.00 bits per heavy atom. The second kappa shape index (κ2) is 4.46. The van der Waals surface area contributed by atoms with Crippen molar-refractivity contribution in [3.05, 3.63) is 0 Å². The molecule has 0 aromatic carbocycles. The predicted octanol–water partition coefficient (Wildman–Crippen LogP) is 1.53. The van der Waals surface area contributed by atoms with E-state index in [1.165, 1.54) is 58.4 Å². The van der Waals surface area contributed by atoms with Crippen molar-refractivity contribution < 1.29 is 0 Å². The normalized spacial score (nSPS) is 44.2. The number of fused-ring (bicyclic) bond motifs is 2. The van der Waals surface area contributed by atoms with Crippen LogP contribution in [-0.2, 0) is 0 Å². The maximum absolute atomic E-state index is 6.28. The van der Waals surface area contributed by atoms with Crippen LogP contribution in [0.1, 0.15) is 39.5 Å². The minimum atomic E-state index is 0.324. The van der Waals surface area contributed by atoms with E-state index < -0.39 is 0 Å². The highest BCUT2D eigenvalue weighted by Crippen LogP contribution is 2.42. The average molecular weight is 251 g/mol. The monoisotopic (exact) mass is 251 g/mol. The molecule has 0 spiro atoms. The summed E-state index contributed by atoms with van der Waals surface area (Å²) in [6.45, 7) is 12.1. The van der Waals surface area contributed by atoms with Crippen molar-refractivity contribution in [3.63, 3.8) is 0 Å². The number of hydrogen-bond acceptors (Lipinski definition) is 3. The van der Waals surface area contributed by atoms with Crippen molar-refractivity contribution in [2.24, 2.45) is 17.1 Å². The Hall–Kier alpha value is -0.120. The SMILES string of the molecule is CC1(C)CCCN(C2(CN)CCN3CCC2C3)C1. The molecule has 3 unspecified atom stereocenters. The number of nitrogens with zero attached hydrogens (tertiary/aromatic N) is 2. The molecule has 0 aliphatic carbocycles. The van der Waals surface area contributed by atoms with Gasteiger partial charge >= 0.3 is 0 Å². The summed E-state index contributed by atoms with van der Waals surface area (Å²) in [4.78, 5) is 5.41. The van der Waals surface area contributed by atoms with E-state index >= 15 is 0 Å². The highest BCUT2D eigenvalue weighted by Gasteiger charge is 2.50. The quantitative estimate of drug-likeness (QED) is 0.808. The molecule has 3 heterocycles. The van der Waals surface area contributed by atoms with E-state index in [0.29, 0.717) is 11.0 Å². The summed E-state index contributed by atoms with van der Waals surface area (Å²) in [6, 6.07) is 0. The maximum atomic E-state index is 6.28. The highest BCUT2D eigenvalue weighted by molar-refractivity contribution is 5.06. The Bertz CT molecular complexity index is 315. The molecule has 2 N–H and O–H groups in total. The molecule has 3 rings (SSSR count). The average Bonchev–Trinajstić information content (AvgIpc) is 2.73. The lowest BCUT2D eigenvalue weighted by Gasteiger charge is -2.54. The van der Waals surface area contributed by atoms with Crippen LogP contribution < -0.4 is 5.73 Å². The zero-order chi connectivity index (χ0) is 12.8. The van der Waals surface area contributed by atoms with Gasteiger partial charge in [0.2, 0.25) is 0 Å². The lowest BCUT2D eigenvalue weighted by molar-refractivity contribution is -0.0360. The smallest absolute Gasteiger partial charge is 0.0384 e. The first-order chi connectivity index (χ1) is 8.56. The first-order valence-electron chi connectivity index (χ1n) is 7.73. The minimum Gasteiger partial charge on any atom is -0.329 e. The maximum Gasteiger partial charge on any atom is 0.0384 e. The molecule has 3 atom stereocenters. The third-order valence-corrected chi connectivity index (χ3v) is 5.78. The van der Waals surface area contributed by atoms with E-state index in [4.69, 9.17) is 5.73 Å². The number of likely N-dealkylation sites (tertiary alicyclic amines) is 1. The van der Waals surface area contributed by atoms with Gasteiger partial charge in [0.05, 0.1) is 0 Å². The van der Waals surface area contributed by atoms with Crippen LogP contribution in [0.4, 0.5) is 0 Å². The molecule has 0 amide bonds. The summed E-state index contributed by atoms with van der Waals surface area (Å²) in [6.07, 6.45) is 5.39. The van der Waals surface area contributed by atoms with E-state index in [0.717, 1.165) is 12.5 Å². The van der Waals surface area contributed by atoms with Crippen molar-refractivity contribution >= 4 is 0 Å². The van der Waals surface area contributed by atoms with Crippen LogP contribution in [0.5, 0.6) is 0 Å². The topological polar surface area (TPSA) is 32.5 Å². The molecule has 0 saturated carbocycles. The molecule has 0 aromatic heterocycles. The van der Waals surface area contributed by atoms with E-state index in [2.05, 4.69) is 23.6 Å². The number of piperidine rings is 2. The fourth-order valence-electron chi connectivity index (χ4n) is 4.65. The summed E-state index contributed by atoms with van der Waals surface area (Å²) in [5.41, 5.74) is 7.09. The van der Waals surface area contributed by atoms with Crippen LogP contribution >= 0.6 is 0 Å². The van der Waals surface area contributed by atoms with Gasteiger partial charge in [-0.25, -0.2) is 0 Å². The van der Waals surface area contributed by atoms with Gasteiger partial charge in [0.15, 0.2) is 0 Å². The largest absolute Gasteiger partial charge is 0.329 e. The summed E-state index contributed by atoms with van der Waals surface area (Å²) in [7, 11) is 0. The van der Waals surface area contributed by atoms with Crippen LogP contribution in [0, 0.1) is 11.3 Å². The number of nitrogens with two attached hydrogens (primary N) is 1. The summed E-state index contributed by atoms with van der Waals surface area (Å²) < 4.78 is 0. The zero-order valence-electron chi connectivity index (χ0n) is 12.1. The second-order valence-electron chi connectivity index (χ2n) is 7.53. The molecule has 0 radical (unpaired) electrons. The van der Waals surface area contributed by atoms with Crippen molar-refractivity contribution in [1.29, 1.82) is 0 Å². The van der Waals surface area contributed by atoms with Gasteiger partial charge in [-0.2, -0.15) is 0 Å². The molecule has 3 nitrogen and oxygen atoms in total. The van der Waals surface area contributed by atoms with Crippen molar-refractivity contribution in [1.82, 2.24) is 9.80 Å². The molecule has 3 fully saturated rings. The summed E-state index contributed by atoms with van der Waals surface area (Å²) in [5.74, 6) is 0.824. The zero-order valence-corrected chi connectivity index (χ0v) is 12.1. The summed E-state index contributed by atoms with van der Waals surface area (Å²) >= 11 is 0. The van der Waals surface area contributed by atoms with Gasteiger partial charge in [-0.1, -0.05) is 13.8 Å². The van der Waals surface area contributed by atoms with Gasteiger partial charge in [0.25, 0.3) is 0 Å². The fourth-order valence-corrected chi connectivity index (χ4v) is 4.65. The Balaban J connectivity index is 1.82. The predicted molar refractivity (Wildman–Crippen MR) is 75.5 cm³/mol. The first-order valence-corrected chi connectivity index (χ1v) is 7.73. The van der Waals surface area contributed by atoms with Crippen molar-refractivity contribution in [3.8, 4) is 0 Å². The van der Waals surface area contributed by atoms with Crippen molar-refractivity contribution in [2.45, 2.75) is 45.1 Å². The van der Waals surface area contributed by atoms with Crippen LogP contribution in [-0.4, -0.2) is 54.6 Å². The minimum absolute atomic E-state index is 0.324. The number of rotatable bonds is 2. The van der Waals surface area contributed by atoms with E-state index in [-0.39, 0.29) is 0 Å². The fraction of sp³-hybridized carbons (Fsp3) is 1.00. The molecule has 104 valence electrons.